The number of hydrogen-bond donors (Lipinski definition) is 1. The second-order valence-corrected chi connectivity index (χ2v) is 8.76. The van der Waals surface area contributed by atoms with Crippen LogP contribution < -0.4 is 5.32 Å². The normalized spacial score (nSPS) is 15.1. The van der Waals surface area contributed by atoms with Crippen molar-refractivity contribution in [1.82, 2.24) is 10.2 Å². The Morgan fingerprint density at radius 2 is 1.72 bits per heavy atom. The van der Waals surface area contributed by atoms with Crippen LogP contribution >= 0.6 is 11.8 Å². The average Bonchev–Trinajstić information content (AvgIpc) is 3.24. The summed E-state index contributed by atoms with van der Waals surface area (Å²) in [5.41, 5.74) is 2.20. The molecule has 2 aromatic carbocycles. The molecule has 0 bridgehead atoms. The van der Waals surface area contributed by atoms with Crippen LogP contribution in [0.5, 0.6) is 0 Å². The molecule has 4 nitrogen and oxygen atoms in total. The van der Waals surface area contributed by atoms with Gasteiger partial charge in [0, 0.05) is 17.5 Å². The predicted molar refractivity (Wildman–Crippen MR) is 119 cm³/mol. The molecule has 3 rings (SSSR count). The third-order valence-corrected chi connectivity index (χ3v) is 6.57. The molecule has 0 radical (unpaired) electrons. The highest BCUT2D eigenvalue weighted by Gasteiger charge is 2.28. The van der Waals surface area contributed by atoms with Crippen molar-refractivity contribution in [3.63, 3.8) is 0 Å². The first-order valence-electron chi connectivity index (χ1n) is 10.4. The van der Waals surface area contributed by atoms with E-state index >= 15 is 0 Å². The van der Waals surface area contributed by atoms with Crippen LogP contribution in [0.3, 0.4) is 0 Å². The van der Waals surface area contributed by atoms with Crippen molar-refractivity contribution in [3.8, 4) is 0 Å². The zero-order valence-electron chi connectivity index (χ0n) is 17.3. The van der Waals surface area contributed by atoms with E-state index < -0.39 is 6.04 Å². The standard InChI is InChI=1S/C24H30N2O2S/c1-18-10-6-7-11-20(18)16-26(19(2)24(28)25-21-12-8-9-13-21)23(27)17-29-22-14-4-3-5-15-22/h3-7,10-11,14-15,19,21H,8-9,12-13,16-17H2,1-2H3,(H,25,28)/t19-/m1/s1. The lowest BCUT2D eigenvalue weighted by molar-refractivity contribution is -0.139. The van der Waals surface area contributed by atoms with Crippen molar-refractivity contribution < 1.29 is 9.59 Å². The Balaban J connectivity index is 1.71. The first-order chi connectivity index (χ1) is 14.0. The Morgan fingerprint density at radius 1 is 1.07 bits per heavy atom. The molecule has 1 aliphatic carbocycles. The molecule has 0 unspecified atom stereocenters. The number of rotatable bonds is 8. The molecule has 0 aliphatic heterocycles. The smallest absolute Gasteiger partial charge is 0.242 e. The minimum atomic E-state index is -0.501. The Hall–Kier alpha value is -2.27. The van der Waals surface area contributed by atoms with Gasteiger partial charge in [-0.15, -0.1) is 11.8 Å². The number of thioether (sulfide) groups is 1. The molecule has 1 N–H and O–H groups in total. The third-order valence-electron chi connectivity index (χ3n) is 5.58. The van der Waals surface area contributed by atoms with Crippen LogP contribution in [0.1, 0.15) is 43.7 Å². The maximum Gasteiger partial charge on any atom is 0.242 e. The third kappa shape index (κ3) is 6.10. The quantitative estimate of drug-likeness (QED) is 0.649. The largest absolute Gasteiger partial charge is 0.352 e. The fraction of sp³-hybridized carbons (Fsp3) is 0.417. The van der Waals surface area contributed by atoms with Crippen molar-refractivity contribution in [3.05, 3.63) is 65.7 Å². The fourth-order valence-corrected chi connectivity index (χ4v) is 4.50. The summed E-state index contributed by atoms with van der Waals surface area (Å²) in [4.78, 5) is 28.8. The number of nitrogens with one attached hydrogen (secondary N) is 1. The van der Waals surface area contributed by atoms with Gasteiger partial charge in [-0.1, -0.05) is 55.3 Å². The number of carbonyl (C=O) groups excluding carboxylic acids is 2. The molecule has 1 aliphatic rings. The summed E-state index contributed by atoms with van der Waals surface area (Å²) in [6.45, 7) is 4.33. The van der Waals surface area contributed by atoms with Gasteiger partial charge in [-0.25, -0.2) is 0 Å². The summed E-state index contributed by atoms with van der Waals surface area (Å²) < 4.78 is 0. The van der Waals surface area contributed by atoms with Crippen LogP contribution in [0, 0.1) is 6.92 Å². The number of amides is 2. The van der Waals surface area contributed by atoms with Crippen LogP contribution in [0.15, 0.2) is 59.5 Å². The molecule has 1 atom stereocenters. The minimum Gasteiger partial charge on any atom is -0.352 e. The first-order valence-corrected chi connectivity index (χ1v) is 11.4. The topological polar surface area (TPSA) is 49.4 Å². The lowest BCUT2D eigenvalue weighted by atomic mass is 10.1. The Kier molecular flexibility index (Phi) is 7.76. The molecule has 29 heavy (non-hydrogen) atoms. The van der Waals surface area contributed by atoms with E-state index in [2.05, 4.69) is 5.32 Å². The molecule has 0 saturated heterocycles. The molecule has 0 heterocycles. The number of nitrogens with zero attached hydrogens (tertiary/aromatic N) is 1. The van der Waals surface area contributed by atoms with Crippen LogP contribution in [-0.2, 0) is 16.1 Å². The van der Waals surface area contributed by atoms with Crippen molar-refractivity contribution in [2.24, 2.45) is 0 Å². The van der Waals surface area contributed by atoms with Crippen molar-refractivity contribution in [2.45, 2.75) is 63.1 Å². The van der Waals surface area contributed by atoms with Crippen LogP contribution in [0.2, 0.25) is 0 Å². The van der Waals surface area contributed by atoms with Crippen LogP contribution in [0.4, 0.5) is 0 Å². The zero-order chi connectivity index (χ0) is 20.6. The van der Waals surface area contributed by atoms with Gasteiger partial charge in [-0.3, -0.25) is 9.59 Å². The van der Waals surface area contributed by atoms with E-state index in [0.29, 0.717) is 12.3 Å². The second kappa shape index (κ2) is 10.5. The molecule has 0 aromatic heterocycles. The van der Waals surface area contributed by atoms with E-state index in [1.54, 1.807) is 4.90 Å². The SMILES string of the molecule is Cc1ccccc1CN(C(=O)CSc1ccccc1)[C@H](C)C(=O)NC1CCCC1. The van der Waals surface area contributed by atoms with E-state index in [1.807, 2.05) is 68.4 Å². The van der Waals surface area contributed by atoms with E-state index in [9.17, 15) is 9.59 Å². The van der Waals surface area contributed by atoms with Gasteiger partial charge in [0.2, 0.25) is 11.8 Å². The fourth-order valence-electron chi connectivity index (χ4n) is 3.69. The molecular weight excluding hydrogens is 380 g/mol. The molecule has 0 spiro atoms. The molecule has 2 amide bonds. The van der Waals surface area contributed by atoms with Gasteiger partial charge in [0.05, 0.1) is 5.75 Å². The second-order valence-electron chi connectivity index (χ2n) is 7.72. The van der Waals surface area contributed by atoms with Gasteiger partial charge in [-0.2, -0.15) is 0 Å². The Labute approximate surface area is 178 Å². The highest BCUT2D eigenvalue weighted by atomic mass is 32.2. The number of benzene rings is 2. The predicted octanol–water partition coefficient (Wildman–Crippen LogP) is 4.56. The van der Waals surface area contributed by atoms with Crippen LogP contribution in [-0.4, -0.2) is 34.6 Å². The molecule has 1 saturated carbocycles. The van der Waals surface area contributed by atoms with Gasteiger partial charge < -0.3 is 10.2 Å². The van der Waals surface area contributed by atoms with Crippen molar-refractivity contribution in [1.29, 1.82) is 0 Å². The van der Waals surface area contributed by atoms with Gasteiger partial charge >= 0.3 is 0 Å². The van der Waals surface area contributed by atoms with Gasteiger partial charge in [-0.05, 0) is 49.9 Å². The summed E-state index contributed by atoms with van der Waals surface area (Å²) in [6, 6.07) is 17.7. The molecular formula is C24H30N2O2S. The first kappa shape index (κ1) is 21.4. The number of carbonyl (C=O) groups is 2. The Bertz CT molecular complexity index is 819. The molecule has 5 heteroatoms. The lowest BCUT2D eigenvalue weighted by Crippen LogP contribution is -2.50. The summed E-state index contributed by atoms with van der Waals surface area (Å²) >= 11 is 1.51. The van der Waals surface area contributed by atoms with E-state index in [4.69, 9.17) is 0 Å². The molecule has 1 fully saturated rings. The van der Waals surface area contributed by atoms with Crippen LogP contribution in [0.25, 0.3) is 0 Å². The van der Waals surface area contributed by atoms with Gasteiger partial charge in [0.1, 0.15) is 6.04 Å². The lowest BCUT2D eigenvalue weighted by Gasteiger charge is -2.30. The van der Waals surface area contributed by atoms with E-state index in [-0.39, 0.29) is 17.9 Å². The van der Waals surface area contributed by atoms with Crippen molar-refractivity contribution in [2.75, 3.05) is 5.75 Å². The highest BCUT2D eigenvalue weighted by Crippen LogP contribution is 2.21. The van der Waals surface area contributed by atoms with Gasteiger partial charge in [0.15, 0.2) is 0 Å². The molecule has 2 aromatic rings. The maximum atomic E-state index is 13.1. The minimum absolute atomic E-state index is 0.0174. The summed E-state index contributed by atoms with van der Waals surface area (Å²) in [5.74, 6) is 0.247. The number of hydrogen-bond acceptors (Lipinski definition) is 3. The van der Waals surface area contributed by atoms with Crippen molar-refractivity contribution >= 4 is 23.6 Å². The zero-order valence-corrected chi connectivity index (χ0v) is 18.1. The summed E-state index contributed by atoms with van der Waals surface area (Å²) in [6.07, 6.45) is 4.40. The molecule has 154 valence electrons. The summed E-state index contributed by atoms with van der Waals surface area (Å²) in [5, 5.41) is 3.15. The average molecular weight is 411 g/mol. The maximum absolute atomic E-state index is 13.1. The van der Waals surface area contributed by atoms with E-state index in [1.165, 1.54) is 24.6 Å². The van der Waals surface area contributed by atoms with Gasteiger partial charge in [0.25, 0.3) is 0 Å². The number of aryl methyl sites for hydroxylation is 1. The highest BCUT2D eigenvalue weighted by molar-refractivity contribution is 8.00. The summed E-state index contributed by atoms with van der Waals surface area (Å²) in [7, 11) is 0. The van der Waals surface area contributed by atoms with E-state index in [0.717, 1.165) is 28.9 Å². The Morgan fingerprint density at radius 3 is 2.41 bits per heavy atom. The monoisotopic (exact) mass is 410 g/mol.